The van der Waals surface area contributed by atoms with Gasteiger partial charge in [0.15, 0.2) is 0 Å². The Morgan fingerprint density at radius 2 is 0.930 bits per heavy atom. The molecule has 0 aromatic rings. The highest BCUT2D eigenvalue weighted by atomic mass is 16.5. The largest absolute Gasteiger partial charge is 0.466 e. The molecule has 0 aliphatic rings. The van der Waals surface area contributed by atoms with Crippen molar-refractivity contribution in [2.75, 3.05) is 13.2 Å². The molecule has 0 rings (SSSR count). The third-order valence-electron chi connectivity index (χ3n) is 10.5. The fourth-order valence-electron chi connectivity index (χ4n) is 6.78. The lowest BCUT2D eigenvalue weighted by Gasteiger charge is -2.19. The van der Waals surface area contributed by atoms with Gasteiger partial charge in [0.25, 0.3) is 0 Å². The summed E-state index contributed by atoms with van der Waals surface area (Å²) in [5.41, 5.74) is 0. The molecule has 2 atom stereocenters. The molecule has 0 spiro atoms. The molecule has 0 saturated carbocycles. The summed E-state index contributed by atoms with van der Waals surface area (Å²) in [4.78, 5) is 24.3. The summed E-state index contributed by atoms with van der Waals surface area (Å²) >= 11 is 0. The summed E-state index contributed by atoms with van der Waals surface area (Å²) < 4.78 is 5.43. The van der Waals surface area contributed by atoms with Crippen LogP contribution in [0.2, 0.25) is 0 Å². The number of ether oxygens (including phenoxy) is 1. The molecule has 330 valence electrons. The van der Waals surface area contributed by atoms with E-state index in [9.17, 15) is 19.8 Å². The van der Waals surface area contributed by atoms with Gasteiger partial charge in [-0.25, -0.2) is 0 Å². The van der Waals surface area contributed by atoms with Crippen LogP contribution in [0.15, 0.2) is 60.8 Å². The average molecular weight is 798 g/mol. The molecule has 6 heteroatoms. The third kappa shape index (κ3) is 43.0. The van der Waals surface area contributed by atoms with Gasteiger partial charge in [-0.1, -0.05) is 197 Å². The number of unbranched alkanes of at least 4 members (excludes halogenated alkanes) is 24. The van der Waals surface area contributed by atoms with Gasteiger partial charge in [-0.05, 0) is 77.0 Å². The highest BCUT2D eigenvalue weighted by molar-refractivity contribution is 5.76. The molecule has 1 amide bonds. The van der Waals surface area contributed by atoms with Gasteiger partial charge in [-0.2, -0.15) is 0 Å². The maximum Gasteiger partial charge on any atom is 0.305 e. The van der Waals surface area contributed by atoms with Crippen LogP contribution in [0.3, 0.4) is 0 Å². The standard InChI is InChI=1S/C51H91NO5/c1-3-5-7-9-11-13-15-17-20-23-27-31-35-39-43-49(54)48(47-53)52-50(55)44-40-36-32-28-24-21-18-22-26-30-34-38-42-46-57-51(56)45-41-37-33-29-25-19-16-14-12-10-8-6-4-2/h8,10,14,16,21,24,32,36,39,43,48-49,53-54H,3-7,9,11-13,15,17-20,22-23,25-31,33-35,37-38,40-42,44-47H2,1-2H3,(H,52,55)/b10-8-,16-14-,24-21-,36-32-,43-39+. The van der Waals surface area contributed by atoms with Crippen molar-refractivity contribution in [2.45, 2.75) is 238 Å². The summed E-state index contributed by atoms with van der Waals surface area (Å²) in [5, 5.41) is 22.9. The Bertz CT molecular complexity index is 1020. The topological polar surface area (TPSA) is 95.9 Å². The van der Waals surface area contributed by atoms with Crippen LogP contribution in [-0.2, 0) is 14.3 Å². The van der Waals surface area contributed by atoms with Crippen molar-refractivity contribution in [3.8, 4) is 0 Å². The van der Waals surface area contributed by atoms with E-state index in [1.165, 1.54) is 128 Å². The van der Waals surface area contributed by atoms with Gasteiger partial charge < -0.3 is 20.3 Å². The monoisotopic (exact) mass is 798 g/mol. The predicted molar refractivity (Wildman–Crippen MR) is 245 cm³/mol. The molecule has 0 heterocycles. The van der Waals surface area contributed by atoms with Crippen LogP contribution >= 0.6 is 0 Å². The van der Waals surface area contributed by atoms with Crippen LogP contribution in [0.1, 0.15) is 226 Å². The number of amides is 1. The molecule has 0 fully saturated rings. The number of hydrogen-bond donors (Lipinski definition) is 3. The van der Waals surface area contributed by atoms with Gasteiger partial charge in [0, 0.05) is 12.8 Å². The van der Waals surface area contributed by atoms with Crippen LogP contribution < -0.4 is 5.32 Å². The predicted octanol–water partition coefficient (Wildman–Crippen LogP) is 14.1. The number of rotatable bonds is 43. The molecule has 0 bridgehead atoms. The van der Waals surface area contributed by atoms with E-state index in [1.807, 2.05) is 12.2 Å². The van der Waals surface area contributed by atoms with Crippen molar-refractivity contribution in [1.82, 2.24) is 5.32 Å². The SMILES string of the molecule is CCC/C=C\C/C=C\CCCCCCCC(=O)OCCCCCCCC/C=C\C/C=C\CCC(=O)NC(CO)C(O)/C=C/CCCCCCCCCCCCCC. The molecule has 57 heavy (non-hydrogen) atoms. The summed E-state index contributed by atoms with van der Waals surface area (Å²) in [7, 11) is 0. The Morgan fingerprint density at radius 3 is 1.44 bits per heavy atom. The Labute approximate surface area is 352 Å². The van der Waals surface area contributed by atoms with Crippen LogP contribution in [0.4, 0.5) is 0 Å². The second kappa shape index (κ2) is 46.3. The number of aliphatic hydroxyl groups is 2. The smallest absolute Gasteiger partial charge is 0.305 e. The minimum atomic E-state index is -0.880. The molecular weight excluding hydrogens is 707 g/mol. The van der Waals surface area contributed by atoms with Gasteiger partial charge in [0.05, 0.1) is 25.4 Å². The molecule has 0 aliphatic carbocycles. The first-order valence-corrected chi connectivity index (χ1v) is 24.1. The fraction of sp³-hybridized carbons (Fsp3) is 0.765. The summed E-state index contributed by atoms with van der Waals surface area (Å²) in [6.07, 6.45) is 57.9. The zero-order valence-corrected chi connectivity index (χ0v) is 37.3. The Hall–Kier alpha value is -2.44. The molecule has 2 unspecified atom stereocenters. The summed E-state index contributed by atoms with van der Waals surface area (Å²) in [6.45, 7) is 4.74. The number of carbonyl (C=O) groups excluding carboxylic acids is 2. The molecule has 6 nitrogen and oxygen atoms in total. The first-order chi connectivity index (χ1) is 28.0. The van der Waals surface area contributed by atoms with Crippen molar-refractivity contribution in [3.05, 3.63) is 60.8 Å². The highest BCUT2D eigenvalue weighted by Crippen LogP contribution is 2.14. The Kier molecular flexibility index (Phi) is 44.3. The number of hydrogen-bond acceptors (Lipinski definition) is 5. The normalized spacial score (nSPS) is 13.3. The van der Waals surface area contributed by atoms with E-state index in [1.54, 1.807) is 6.08 Å². The zero-order chi connectivity index (χ0) is 41.5. The number of allylic oxidation sites excluding steroid dienone is 9. The van der Waals surface area contributed by atoms with Crippen LogP contribution in [-0.4, -0.2) is 47.4 Å². The van der Waals surface area contributed by atoms with Crippen LogP contribution in [0, 0.1) is 0 Å². The van der Waals surface area contributed by atoms with Crippen LogP contribution in [0.25, 0.3) is 0 Å². The molecule has 0 saturated heterocycles. The van der Waals surface area contributed by atoms with Gasteiger partial charge in [-0.3, -0.25) is 9.59 Å². The second-order valence-electron chi connectivity index (χ2n) is 16.1. The number of aliphatic hydroxyl groups excluding tert-OH is 2. The van der Waals surface area contributed by atoms with Crippen molar-refractivity contribution in [2.24, 2.45) is 0 Å². The van der Waals surface area contributed by atoms with Crippen molar-refractivity contribution < 1.29 is 24.5 Å². The Morgan fingerprint density at radius 1 is 0.491 bits per heavy atom. The van der Waals surface area contributed by atoms with Gasteiger partial charge in [0.1, 0.15) is 0 Å². The lowest BCUT2D eigenvalue weighted by Crippen LogP contribution is -2.45. The van der Waals surface area contributed by atoms with E-state index in [0.29, 0.717) is 25.9 Å². The third-order valence-corrected chi connectivity index (χ3v) is 10.5. The van der Waals surface area contributed by atoms with E-state index in [2.05, 4.69) is 61.7 Å². The molecule has 0 aromatic heterocycles. The number of esters is 1. The molecule has 3 N–H and O–H groups in total. The molecule has 0 aliphatic heterocycles. The molecule has 0 aromatic carbocycles. The second-order valence-corrected chi connectivity index (χ2v) is 16.1. The summed E-state index contributed by atoms with van der Waals surface area (Å²) in [6, 6.07) is -0.673. The lowest BCUT2D eigenvalue weighted by molar-refractivity contribution is -0.143. The first-order valence-electron chi connectivity index (χ1n) is 24.1. The van der Waals surface area contributed by atoms with Crippen molar-refractivity contribution in [1.29, 1.82) is 0 Å². The van der Waals surface area contributed by atoms with E-state index in [4.69, 9.17) is 4.74 Å². The maximum atomic E-state index is 12.4. The summed E-state index contributed by atoms with van der Waals surface area (Å²) in [5.74, 6) is -0.187. The van der Waals surface area contributed by atoms with Gasteiger partial charge in [-0.15, -0.1) is 0 Å². The highest BCUT2D eigenvalue weighted by Gasteiger charge is 2.17. The average Bonchev–Trinajstić information content (AvgIpc) is 3.21. The van der Waals surface area contributed by atoms with Crippen molar-refractivity contribution in [3.63, 3.8) is 0 Å². The van der Waals surface area contributed by atoms with Gasteiger partial charge in [0.2, 0.25) is 5.91 Å². The quantitative estimate of drug-likeness (QED) is 0.0324. The molecular formula is C51H91NO5. The van der Waals surface area contributed by atoms with Gasteiger partial charge >= 0.3 is 5.97 Å². The van der Waals surface area contributed by atoms with E-state index in [-0.39, 0.29) is 18.5 Å². The van der Waals surface area contributed by atoms with E-state index in [0.717, 1.165) is 64.2 Å². The Balaban J connectivity index is 3.62. The number of carbonyl (C=O) groups is 2. The fourth-order valence-corrected chi connectivity index (χ4v) is 6.78. The van der Waals surface area contributed by atoms with E-state index < -0.39 is 12.1 Å². The maximum absolute atomic E-state index is 12.4. The first kappa shape index (κ1) is 54.6. The zero-order valence-electron chi connectivity index (χ0n) is 37.3. The minimum Gasteiger partial charge on any atom is -0.466 e. The lowest BCUT2D eigenvalue weighted by atomic mass is 10.0. The minimum absolute atomic E-state index is 0.0353. The number of nitrogens with one attached hydrogen (secondary N) is 1. The van der Waals surface area contributed by atoms with Crippen LogP contribution in [0.5, 0.6) is 0 Å². The van der Waals surface area contributed by atoms with E-state index >= 15 is 0 Å². The van der Waals surface area contributed by atoms with Crippen molar-refractivity contribution >= 4 is 11.9 Å². The molecule has 0 radical (unpaired) electrons.